The zero-order chi connectivity index (χ0) is 15.5. The summed E-state index contributed by atoms with van der Waals surface area (Å²) in [6.07, 6.45) is 3.79. The number of nitrogens with one attached hydrogen (secondary N) is 1. The molecule has 0 bridgehead atoms. The first-order valence-corrected chi connectivity index (χ1v) is 7.29. The van der Waals surface area contributed by atoms with E-state index in [4.69, 9.17) is 0 Å². The Bertz CT molecular complexity index is 713. The minimum atomic E-state index is -0.144. The molecule has 1 N–H and O–H groups in total. The molecule has 22 heavy (non-hydrogen) atoms. The van der Waals surface area contributed by atoms with Gasteiger partial charge in [-0.25, -0.2) is 0 Å². The Balaban J connectivity index is 1.72. The van der Waals surface area contributed by atoms with E-state index in [0.717, 1.165) is 16.8 Å². The molecule has 3 rings (SSSR count). The summed E-state index contributed by atoms with van der Waals surface area (Å²) in [6, 6.07) is 9.17. The molecule has 0 saturated heterocycles. The first-order valence-electron chi connectivity index (χ1n) is 7.29. The molecule has 2 aromatic rings. The second kappa shape index (κ2) is 5.97. The average molecular weight is 295 g/mol. The van der Waals surface area contributed by atoms with E-state index in [-0.39, 0.29) is 11.8 Å². The number of likely N-dealkylation sites (N-methyl/N-ethyl adjacent to an activating group) is 1. The van der Waals surface area contributed by atoms with Crippen molar-refractivity contribution in [3.8, 4) is 0 Å². The van der Waals surface area contributed by atoms with Gasteiger partial charge in [-0.2, -0.15) is 0 Å². The van der Waals surface area contributed by atoms with Gasteiger partial charge >= 0.3 is 0 Å². The van der Waals surface area contributed by atoms with Crippen LogP contribution >= 0.6 is 0 Å². The van der Waals surface area contributed by atoms with Crippen LogP contribution in [0.2, 0.25) is 0 Å². The van der Waals surface area contributed by atoms with E-state index < -0.39 is 0 Å². The van der Waals surface area contributed by atoms with Crippen molar-refractivity contribution in [2.45, 2.75) is 19.9 Å². The maximum absolute atomic E-state index is 12.2. The number of aromatic nitrogens is 1. The van der Waals surface area contributed by atoms with Crippen molar-refractivity contribution in [3.63, 3.8) is 0 Å². The van der Waals surface area contributed by atoms with Gasteiger partial charge in [0, 0.05) is 36.7 Å². The third-order valence-electron chi connectivity index (χ3n) is 3.77. The van der Waals surface area contributed by atoms with E-state index in [9.17, 15) is 9.59 Å². The highest BCUT2D eigenvalue weighted by Gasteiger charge is 2.26. The summed E-state index contributed by atoms with van der Waals surface area (Å²) in [7, 11) is 0. The largest absolute Gasteiger partial charge is 0.348 e. The third kappa shape index (κ3) is 2.70. The van der Waals surface area contributed by atoms with Crippen molar-refractivity contribution in [1.29, 1.82) is 0 Å². The molecule has 1 aromatic heterocycles. The minimum absolute atomic E-state index is 0.0884. The molecule has 2 amide bonds. The Morgan fingerprint density at radius 2 is 2.23 bits per heavy atom. The third-order valence-corrected chi connectivity index (χ3v) is 3.77. The van der Waals surface area contributed by atoms with Crippen molar-refractivity contribution in [1.82, 2.24) is 10.3 Å². The van der Waals surface area contributed by atoms with Crippen LogP contribution in [0.25, 0.3) is 0 Å². The number of nitrogens with zero attached hydrogens (tertiary/aromatic N) is 2. The number of pyridine rings is 1. The van der Waals surface area contributed by atoms with Gasteiger partial charge in [-0.3, -0.25) is 14.6 Å². The molecule has 0 unspecified atom stereocenters. The van der Waals surface area contributed by atoms with Crippen LogP contribution in [0.3, 0.4) is 0 Å². The van der Waals surface area contributed by atoms with Gasteiger partial charge < -0.3 is 10.2 Å². The fourth-order valence-electron chi connectivity index (χ4n) is 2.66. The first-order chi connectivity index (χ1) is 10.7. The summed E-state index contributed by atoms with van der Waals surface area (Å²) in [5.41, 5.74) is 3.36. The Kier molecular flexibility index (Phi) is 3.87. The molecule has 0 fully saturated rings. The maximum atomic E-state index is 12.2. The van der Waals surface area contributed by atoms with Gasteiger partial charge in [0.2, 0.25) is 5.91 Å². The Hall–Kier alpha value is -2.69. The SMILES string of the molecule is CCN1C(=O)Cc2cc(C(=O)NCc3cccnc3)ccc21. The van der Waals surface area contributed by atoms with E-state index >= 15 is 0 Å². The lowest BCUT2D eigenvalue weighted by molar-refractivity contribution is -0.117. The predicted octanol–water partition coefficient (Wildman–Crippen LogP) is 1.92. The van der Waals surface area contributed by atoms with Crippen LogP contribution in [0.4, 0.5) is 5.69 Å². The van der Waals surface area contributed by atoms with Crippen molar-refractivity contribution >= 4 is 17.5 Å². The average Bonchev–Trinajstić information content (AvgIpc) is 2.87. The molecule has 2 heterocycles. The van der Waals surface area contributed by atoms with Crippen molar-refractivity contribution < 1.29 is 9.59 Å². The Labute approximate surface area is 129 Å². The Morgan fingerprint density at radius 3 is 2.95 bits per heavy atom. The predicted molar refractivity (Wildman–Crippen MR) is 83.6 cm³/mol. The van der Waals surface area contributed by atoms with Crippen LogP contribution in [0.1, 0.15) is 28.4 Å². The zero-order valence-corrected chi connectivity index (χ0v) is 12.4. The maximum Gasteiger partial charge on any atom is 0.251 e. The van der Waals surface area contributed by atoms with Crippen LogP contribution in [0, 0.1) is 0 Å². The number of hydrogen-bond donors (Lipinski definition) is 1. The normalized spacial score (nSPS) is 13.1. The number of fused-ring (bicyclic) bond motifs is 1. The van der Waals surface area contributed by atoms with Crippen LogP contribution in [-0.4, -0.2) is 23.3 Å². The molecule has 0 atom stereocenters. The smallest absolute Gasteiger partial charge is 0.251 e. The van der Waals surface area contributed by atoms with E-state index in [2.05, 4.69) is 10.3 Å². The fraction of sp³-hybridized carbons (Fsp3) is 0.235. The topological polar surface area (TPSA) is 62.3 Å². The first kappa shape index (κ1) is 14.3. The van der Waals surface area contributed by atoms with Crippen LogP contribution in [-0.2, 0) is 17.8 Å². The van der Waals surface area contributed by atoms with Gasteiger partial charge in [0.25, 0.3) is 5.91 Å². The van der Waals surface area contributed by atoms with Gasteiger partial charge in [-0.15, -0.1) is 0 Å². The summed E-state index contributed by atoms with van der Waals surface area (Å²) >= 11 is 0. The van der Waals surface area contributed by atoms with E-state index in [0.29, 0.717) is 25.1 Å². The van der Waals surface area contributed by atoms with Crippen molar-refractivity contribution in [2.24, 2.45) is 0 Å². The van der Waals surface area contributed by atoms with E-state index in [1.165, 1.54) is 0 Å². The molecule has 5 nitrogen and oxygen atoms in total. The van der Waals surface area contributed by atoms with Crippen LogP contribution in [0.15, 0.2) is 42.7 Å². The molecule has 1 aromatic carbocycles. The zero-order valence-electron chi connectivity index (χ0n) is 12.4. The highest BCUT2D eigenvalue weighted by Crippen LogP contribution is 2.29. The lowest BCUT2D eigenvalue weighted by Gasteiger charge is -2.14. The van der Waals surface area contributed by atoms with Gasteiger partial charge in [0.15, 0.2) is 0 Å². The van der Waals surface area contributed by atoms with Gasteiger partial charge in [0.05, 0.1) is 6.42 Å². The molecule has 0 aliphatic carbocycles. The molecular formula is C17H17N3O2. The number of benzene rings is 1. The summed E-state index contributed by atoms with van der Waals surface area (Å²) in [5.74, 6) is -0.0560. The molecule has 5 heteroatoms. The summed E-state index contributed by atoms with van der Waals surface area (Å²) in [5, 5.41) is 2.87. The number of amides is 2. The van der Waals surface area contributed by atoms with Gasteiger partial charge in [0.1, 0.15) is 0 Å². The highest BCUT2D eigenvalue weighted by atomic mass is 16.2. The number of hydrogen-bond acceptors (Lipinski definition) is 3. The second-order valence-electron chi connectivity index (χ2n) is 5.20. The second-order valence-corrected chi connectivity index (χ2v) is 5.20. The minimum Gasteiger partial charge on any atom is -0.348 e. The standard InChI is InChI=1S/C17H17N3O2/c1-2-20-15-6-5-13(8-14(15)9-16(20)21)17(22)19-11-12-4-3-7-18-10-12/h3-8,10H,2,9,11H2,1H3,(H,19,22). The summed E-state index contributed by atoms with van der Waals surface area (Å²) in [6.45, 7) is 3.03. The number of carbonyl (C=O) groups excluding carboxylic acids is 2. The van der Waals surface area contributed by atoms with Crippen LogP contribution in [0.5, 0.6) is 0 Å². The number of carbonyl (C=O) groups is 2. The lowest BCUT2D eigenvalue weighted by Crippen LogP contribution is -2.25. The molecule has 112 valence electrons. The molecule has 0 radical (unpaired) electrons. The quantitative estimate of drug-likeness (QED) is 0.937. The monoisotopic (exact) mass is 295 g/mol. The highest BCUT2D eigenvalue weighted by molar-refractivity contribution is 6.03. The number of anilines is 1. The van der Waals surface area contributed by atoms with Gasteiger partial charge in [-0.1, -0.05) is 6.07 Å². The number of rotatable bonds is 4. The molecule has 1 aliphatic heterocycles. The molecule has 0 saturated carbocycles. The Morgan fingerprint density at radius 1 is 1.36 bits per heavy atom. The molecule has 1 aliphatic rings. The summed E-state index contributed by atoms with van der Waals surface area (Å²) < 4.78 is 0. The molecule has 0 spiro atoms. The summed E-state index contributed by atoms with van der Waals surface area (Å²) in [4.78, 5) is 29.9. The van der Waals surface area contributed by atoms with Crippen LogP contribution < -0.4 is 10.2 Å². The van der Waals surface area contributed by atoms with E-state index in [1.54, 1.807) is 23.4 Å². The fourth-order valence-corrected chi connectivity index (χ4v) is 2.66. The van der Waals surface area contributed by atoms with Gasteiger partial charge in [-0.05, 0) is 42.3 Å². The van der Waals surface area contributed by atoms with Crippen molar-refractivity contribution in [3.05, 3.63) is 59.4 Å². The van der Waals surface area contributed by atoms with Crippen molar-refractivity contribution in [2.75, 3.05) is 11.4 Å². The lowest BCUT2D eigenvalue weighted by atomic mass is 10.1. The molecular weight excluding hydrogens is 278 g/mol. The van der Waals surface area contributed by atoms with E-state index in [1.807, 2.05) is 31.2 Å².